The molecule has 0 spiro atoms. The Labute approximate surface area is 136 Å². The van der Waals surface area contributed by atoms with Crippen LogP contribution < -0.4 is 10.6 Å². The van der Waals surface area contributed by atoms with E-state index in [9.17, 15) is 14.7 Å². The van der Waals surface area contributed by atoms with Crippen molar-refractivity contribution in [1.82, 2.24) is 10.6 Å². The van der Waals surface area contributed by atoms with Gasteiger partial charge in [0.2, 0.25) is 11.8 Å². The van der Waals surface area contributed by atoms with Crippen LogP contribution in [-0.2, 0) is 19.1 Å². The van der Waals surface area contributed by atoms with E-state index in [2.05, 4.69) is 10.6 Å². The number of aliphatic hydroxyl groups excluding tert-OH is 1. The molecule has 3 atom stereocenters. The van der Waals surface area contributed by atoms with Gasteiger partial charge in [-0.1, -0.05) is 12.2 Å². The zero-order valence-corrected chi connectivity index (χ0v) is 13.5. The third kappa shape index (κ3) is 5.30. The molecule has 7 nitrogen and oxygen atoms in total. The predicted octanol–water partition coefficient (Wildman–Crippen LogP) is -0.260. The quantitative estimate of drug-likeness (QED) is 0.584. The lowest BCUT2D eigenvalue weighted by molar-refractivity contribution is -0.132. The Morgan fingerprint density at radius 3 is 2.65 bits per heavy atom. The zero-order chi connectivity index (χ0) is 16.7. The van der Waals surface area contributed by atoms with Gasteiger partial charge >= 0.3 is 0 Å². The minimum Gasteiger partial charge on any atom is -0.394 e. The van der Waals surface area contributed by atoms with Crippen molar-refractivity contribution in [3.05, 3.63) is 12.2 Å². The van der Waals surface area contributed by atoms with Crippen LogP contribution in [0.15, 0.2) is 12.2 Å². The first-order valence-corrected chi connectivity index (χ1v) is 8.23. The van der Waals surface area contributed by atoms with Gasteiger partial charge in [0.1, 0.15) is 6.10 Å². The average Bonchev–Trinajstić information content (AvgIpc) is 2.57. The first kappa shape index (κ1) is 17.9. The molecule has 0 radical (unpaired) electrons. The summed E-state index contributed by atoms with van der Waals surface area (Å²) in [6.07, 6.45) is 4.31. The Morgan fingerprint density at radius 1 is 1.26 bits per heavy atom. The van der Waals surface area contributed by atoms with Crippen LogP contribution in [0.2, 0.25) is 0 Å². The molecule has 23 heavy (non-hydrogen) atoms. The van der Waals surface area contributed by atoms with Crippen molar-refractivity contribution in [2.45, 2.75) is 44.4 Å². The van der Waals surface area contributed by atoms with Gasteiger partial charge in [-0.25, -0.2) is 0 Å². The molecular formula is C16H26N2O5. The molecule has 1 saturated heterocycles. The number of rotatable bonds is 6. The molecule has 0 saturated carbocycles. The van der Waals surface area contributed by atoms with Crippen LogP contribution in [0.5, 0.6) is 0 Å². The Morgan fingerprint density at radius 2 is 2.00 bits per heavy atom. The largest absolute Gasteiger partial charge is 0.394 e. The van der Waals surface area contributed by atoms with Gasteiger partial charge in [0.05, 0.1) is 25.2 Å². The van der Waals surface area contributed by atoms with Crippen LogP contribution in [0.25, 0.3) is 0 Å². The molecule has 2 amide bonds. The molecule has 1 fully saturated rings. The molecule has 2 aliphatic rings. The van der Waals surface area contributed by atoms with Crippen LogP contribution in [-0.4, -0.2) is 61.5 Å². The molecule has 2 aliphatic heterocycles. The summed E-state index contributed by atoms with van der Waals surface area (Å²) in [6, 6.07) is -0.374. The lowest BCUT2D eigenvalue weighted by Crippen LogP contribution is -2.50. The Bertz CT molecular complexity index is 434. The Kier molecular flexibility index (Phi) is 7.01. The summed E-state index contributed by atoms with van der Waals surface area (Å²) in [5, 5.41) is 15.1. The second-order valence-electron chi connectivity index (χ2n) is 5.86. The van der Waals surface area contributed by atoms with Gasteiger partial charge in [0.15, 0.2) is 0 Å². The van der Waals surface area contributed by atoms with Crippen LogP contribution in [0, 0.1) is 5.92 Å². The topological polar surface area (TPSA) is 96.9 Å². The lowest BCUT2D eigenvalue weighted by atomic mass is 9.97. The molecular weight excluding hydrogens is 300 g/mol. The van der Waals surface area contributed by atoms with E-state index in [0.29, 0.717) is 32.6 Å². The number of ether oxygens (including phenoxy) is 2. The number of carbonyl (C=O) groups excluding carboxylic acids is 2. The van der Waals surface area contributed by atoms with Gasteiger partial charge < -0.3 is 25.2 Å². The van der Waals surface area contributed by atoms with Crippen molar-refractivity contribution in [1.29, 1.82) is 0 Å². The van der Waals surface area contributed by atoms with E-state index in [-0.39, 0.29) is 42.9 Å². The fourth-order valence-corrected chi connectivity index (χ4v) is 2.83. The highest BCUT2D eigenvalue weighted by Gasteiger charge is 2.31. The van der Waals surface area contributed by atoms with E-state index in [1.54, 1.807) is 6.08 Å². The van der Waals surface area contributed by atoms with E-state index in [1.165, 1.54) is 0 Å². The maximum absolute atomic E-state index is 12.3. The van der Waals surface area contributed by atoms with Gasteiger partial charge in [-0.3, -0.25) is 9.59 Å². The summed E-state index contributed by atoms with van der Waals surface area (Å²) in [5.74, 6) is -0.180. The van der Waals surface area contributed by atoms with E-state index >= 15 is 0 Å². The summed E-state index contributed by atoms with van der Waals surface area (Å²) >= 11 is 0. The molecule has 0 aromatic carbocycles. The van der Waals surface area contributed by atoms with Crippen LogP contribution in [0.4, 0.5) is 0 Å². The van der Waals surface area contributed by atoms with Crippen molar-refractivity contribution in [3.8, 4) is 0 Å². The van der Waals surface area contributed by atoms with Crippen molar-refractivity contribution in [2.24, 2.45) is 5.92 Å². The SMILES string of the molecule is CCNC(=O)C[C@@H]1C=C[C@@H](NC(=O)C2CCOCC2)[C@H](CO)O1. The molecule has 2 heterocycles. The summed E-state index contributed by atoms with van der Waals surface area (Å²) in [4.78, 5) is 23.9. The second kappa shape index (κ2) is 9.00. The number of carbonyl (C=O) groups is 2. The van der Waals surface area contributed by atoms with E-state index in [1.807, 2.05) is 13.0 Å². The third-order valence-corrected chi connectivity index (χ3v) is 4.12. The number of amides is 2. The maximum Gasteiger partial charge on any atom is 0.223 e. The van der Waals surface area contributed by atoms with E-state index < -0.39 is 6.10 Å². The third-order valence-electron chi connectivity index (χ3n) is 4.12. The van der Waals surface area contributed by atoms with Gasteiger partial charge in [0.25, 0.3) is 0 Å². The first-order chi connectivity index (χ1) is 11.1. The summed E-state index contributed by atoms with van der Waals surface area (Å²) in [7, 11) is 0. The van der Waals surface area contributed by atoms with Crippen molar-refractivity contribution in [3.63, 3.8) is 0 Å². The predicted molar refractivity (Wildman–Crippen MR) is 83.7 cm³/mol. The van der Waals surface area contributed by atoms with E-state index in [4.69, 9.17) is 9.47 Å². The molecule has 0 aliphatic carbocycles. The van der Waals surface area contributed by atoms with Crippen LogP contribution in [0.3, 0.4) is 0 Å². The van der Waals surface area contributed by atoms with Gasteiger partial charge in [0, 0.05) is 25.7 Å². The van der Waals surface area contributed by atoms with Crippen LogP contribution >= 0.6 is 0 Å². The minimum absolute atomic E-state index is 0.0350. The number of hydrogen-bond acceptors (Lipinski definition) is 5. The smallest absolute Gasteiger partial charge is 0.223 e. The molecule has 3 N–H and O–H groups in total. The average molecular weight is 326 g/mol. The van der Waals surface area contributed by atoms with E-state index in [0.717, 1.165) is 0 Å². The molecule has 7 heteroatoms. The number of nitrogens with one attached hydrogen (secondary N) is 2. The monoisotopic (exact) mass is 326 g/mol. The highest BCUT2D eigenvalue weighted by atomic mass is 16.5. The van der Waals surface area contributed by atoms with Crippen molar-refractivity contribution >= 4 is 11.8 Å². The Balaban J connectivity index is 1.88. The van der Waals surface area contributed by atoms with Crippen LogP contribution in [0.1, 0.15) is 26.2 Å². The first-order valence-electron chi connectivity index (χ1n) is 8.23. The van der Waals surface area contributed by atoms with Gasteiger partial charge in [-0.05, 0) is 19.8 Å². The standard InChI is InChI=1S/C16H26N2O5/c1-2-17-15(20)9-12-3-4-13(14(10-19)23-12)18-16(21)11-5-7-22-8-6-11/h3-4,11-14,19H,2,5-10H2,1H3,(H,17,20)(H,18,21)/t12-,13+,14-/m0/s1. The molecule has 0 aromatic rings. The second-order valence-corrected chi connectivity index (χ2v) is 5.86. The Hall–Kier alpha value is -1.44. The summed E-state index contributed by atoms with van der Waals surface area (Å²) in [5.41, 5.74) is 0. The molecule has 0 aromatic heterocycles. The highest BCUT2D eigenvalue weighted by Crippen LogP contribution is 2.19. The number of aliphatic hydroxyl groups is 1. The van der Waals surface area contributed by atoms with Gasteiger partial charge in [-0.2, -0.15) is 0 Å². The summed E-state index contributed by atoms with van der Waals surface area (Å²) in [6.45, 7) is 3.42. The number of hydrogen-bond donors (Lipinski definition) is 3. The molecule has 130 valence electrons. The minimum atomic E-state index is -0.539. The lowest BCUT2D eigenvalue weighted by Gasteiger charge is -2.33. The summed E-state index contributed by atoms with van der Waals surface area (Å²) < 4.78 is 11.0. The molecule has 2 rings (SSSR count). The van der Waals surface area contributed by atoms with Crippen molar-refractivity contribution in [2.75, 3.05) is 26.4 Å². The van der Waals surface area contributed by atoms with Crippen molar-refractivity contribution < 1.29 is 24.2 Å². The zero-order valence-electron chi connectivity index (χ0n) is 13.5. The van der Waals surface area contributed by atoms with Gasteiger partial charge in [-0.15, -0.1) is 0 Å². The fraction of sp³-hybridized carbons (Fsp3) is 0.750. The molecule has 0 unspecified atom stereocenters. The fourth-order valence-electron chi connectivity index (χ4n) is 2.83. The maximum atomic E-state index is 12.3. The normalized spacial score (nSPS) is 28.3. The highest BCUT2D eigenvalue weighted by molar-refractivity contribution is 5.79. The molecule has 0 bridgehead atoms.